The van der Waals surface area contributed by atoms with Crippen molar-refractivity contribution in [2.24, 2.45) is 11.7 Å². The lowest BCUT2D eigenvalue weighted by atomic mass is 9.86. The molecule has 2 amide bonds. The molecule has 4 heteroatoms. The predicted octanol–water partition coefficient (Wildman–Crippen LogP) is 3.17. The molecule has 4 N–H and O–H groups in total. The summed E-state index contributed by atoms with van der Waals surface area (Å²) in [7, 11) is 0. The van der Waals surface area contributed by atoms with Gasteiger partial charge in [-0.25, -0.2) is 4.79 Å². The molecule has 2 rings (SSSR count). The van der Waals surface area contributed by atoms with Crippen molar-refractivity contribution in [2.75, 3.05) is 10.6 Å². The van der Waals surface area contributed by atoms with Crippen molar-refractivity contribution in [2.45, 2.75) is 38.6 Å². The average molecular weight is 247 g/mol. The summed E-state index contributed by atoms with van der Waals surface area (Å²) in [6, 6.07) is 7.70. The highest BCUT2D eigenvalue weighted by atomic mass is 16.2. The standard InChI is InChI=1S/C14H21N3O/c1-10-5-2-3-8-13(10)16-11-6-4-7-12(9-11)17-14(15)18/h4,6-7,9-10,13,16H,2-3,5,8H2,1H3,(H3,15,17,18). The van der Waals surface area contributed by atoms with E-state index in [9.17, 15) is 4.79 Å². The monoisotopic (exact) mass is 247 g/mol. The summed E-state index contributed by atoms with van der Waals surface area (Å²) < 4.78 is 0. The first-order valence-corrected chi connectivity index (χ1v) is 6.58. The molecule has 0 heterocycles. The van der Waals surface area contributed by atoms with Crippen molar-refractivity contribution < 1.29 is 4.79 Å². The molecule has 1 aliphatic rings. The van der Waals surface area contributed by atoms with Crippen molar-refractivity contribution in [1.82, 2.24) is 0 Å². The summed E-state index contributed by atoms with van der Waals surface area (Å²) in [4.78, 5) is 10.8. The first-order chi connectivity index (χ1) is 8.65. The highest BCUT2D eigenvalue weighted by Crippen LogP contribution is 2.27. The van der Waals surface area contributed by atoms with Gasteiger partial charge in [-0.2, -0.15) is 0 Å². The lowest BCUT2D eigenvalue weighted by molar-refractivity contribution is 0.259. The average Bonchev–Trinajstić information content (AvgIpc) is 2.32. The number of nitrogens with two attached hydrogens (primary N) is 1. The number of urea groups is 1. The fraction of sp³-hybridized carbons (Fsp3) is 0.500. The molecule has 0 aliphatic heterocycles. The van der Waals surface area contributed by atoms with Crippen LogP contribution in [0.1, 0.15) is 32.6 Å². The molecule has 2 unspecified atom stereocenters. The van der Waals surface area contributed by atoms with Gasteiger partial charge in [-0.15, -0.1) is 0 Å². The van der Waals surface area contributed by atoms with E-state index in [4.69, 9.17) is 5.73 Å². The third kappa shape index (κ3) is 3.39. The van der Waals surface area contributed by atoms with Crippen LogP contribution in [-0.2, 0) is 0 Å². The fourth-order valence-corrected chi connectivity index (χ4v) is 2.57. The van der Waals surface area contributed by atoms with Gasteiger partial charge in [-0.1, -0.05) is 25.8 Å². The number of amides is 2. The van der Waals surface area contributed by atoms with Gasteiger partial charge in [0, 0.05) is 17.4 Å². The SMILES string of the molecule is CC1CCCCC1Nc1cccc(NC(N)=O)c1. The van der Waals surface area contributed by atoms with E-state index in [0.717, 1.165) is 11.4 Å². The Morgan fingerprint density at radius 1 is 1.28 bits per heavy atom. The van der Waals surface area contributed by atoms with Crippen LogP contribution in [0, 0.1) is 5.92 Å². The molecule has 18 heavy (non-hydrogen) atoms. The van der Waals surface area contributed by atoms with E-state index in [2.05, 4.69) is 17.6 Å². The van der Waals surface area contributed by atoms with E-state index in [0.29, 0.717) is 12.0 Å². The van der Waals surface area contributed by atoms with E-state index in [1.165, 1.54) is 25.7 Å². The van der Waals surface area contributed by atoms with E-state index >= 15 is 0 Å². The summed E-state index contributed by atoms with van der Waals surface area (Å²) in [5, 5.41) is 6.14. The van der Waals surface area contributed by atoms with Gasteiger partial charge < -0.3 is 16.4 Å². The van der Waals surface area contributed by atoms with Crippen molar-refractivity contribution >= 4 is 17.4 Å². The van der Waals surface area contributed by atoms with Gasteiger partial charge >= 0.3 is 6.03 Å². The summed E-state index contributed by atoms with van der Waals surface area (Å²) in [5.74, 6) is 0.700. The number of hydrogen-bond donors (Lipinski definition) is 3. The van der Waals surface area contributed by atoms with E-state index in [1.54, 1.807) is 0 Å². The molecule has 1 aliphatic carbocycles. The zero-order valence-electron chi connectivity index (χ0n) is 10.8. The Morgan fingerprint density at radius 2 is 2.00 bits per heavy atom. The largest absolute Gasteiger partial charge is 0.382 e. The van der Waals surface area contributed by atoms with Crippen LogP contribution in [0.5, 0.6) is 0 Å². The Balaban J connectivity index is 2.02. The zero-order valence-corrected chi connectivity index (χ0v) is 10.8. The molecular weight excluding hydrogens is 226 g/mol. The van der Waals surface area contributed by atoms with Crippen molar-refractivity contribution in [3.8, 4) is 0 Å². The molecule has 98 valence electrons. The summed E-state index contributed by atoms with van der Waals surface area (Å²) in [5.41, 5.74) is 6.88. The van der Waals surface area contributed by atoms with Gasteiger partial charge in [-0.05, 0) is 37.0 Å². The molecule has 1 saturated carbocycles. The molecular formula is C14H21N3O. The normalized spacial score (nSPS) is 23.4. The van der Waals surface area contributed by atoms with Crippen LogP contribution >= 0.6 is 0 Å². The number of benzene rings is 1. The van der Waals surface area contributed by atoms with E-state index in [-0.39, 0.29) is 0 Å². The van der Waals surface area contributed by atoms with E-state index < -0.39 is 6.03 Å². The molecule has 0 aromatic heterocycles. The Hall–Kier alpha value is -1.71. The number of rotatable bonds is 3. The van der Waals surface area contributed by atoms with E-state index in [1.807, 2.05) is 24.3 Å². The number of carbonyl (C=O) groups is 1. The van der Waals surface area contributed by atoms with Crippen LogP contribution in [0.4, 0.5) is 16.2 Å². The van der Waals surface area contributed by atoms with Gasteiger partial charge in [0.2, 0.25) is 0 Å². The lowest BCUT2D eigenvalue weighted by Gasteiger charge is -2.30. The minimum Gasteiger partial charge on any atom is -0.382 e. The Morgan fingerprint density at radius 3 is 2.72 bits per heavy atom. The number of nitrogens with one attached hydrogen (secondary N) is 2. The van der Waals surface area contributed by atoms with Gasteiger partial charge in [0.1, 0.15) is 0 Å². The minimum absolute atomic E-state index is 0.529. The van der Waals surface area contributed by atoms with Crippen LogP contribution in [0.3, 0.4) is 0 Å². The third-order valence-corrected chi connectivity index (χ3v) is 3.59. The zero-order chi connectivity index (χ0) is 13.0. The second-order valence-corrected chi connectivity index (χ2v) is 5.08. The molecule has 2 atom stereocenters. The molecule has 1 aromatic rings. The Labute approximate surface area is 108 Å². The summed E-state index contributed by atoms with van der Waals surface area (Å²) in [6.45, 7) is 2.29. The summed E-state index contributed by atoms with van der Waals surface area (Å²) >= 11 is 0. The number of primary amides is 1. The minimum atomic E-state index is -0.529. The maximum Gasteiger partial charge on any atom is 0.316 e. The lowest BCUT2D eigenvalue weighted by Crippen LogP contribution is -2.30. The highest BCUT2D eigenvalue weighted by molar-refractivity contribution is 5.88. The smallest absolute Gasteiger partial charge is 0.316 e. The quantitative estimate of drug-likeness (QED) is 0.768. The molecule has 0 saturated heterocycles. The van der Waals surface area contributed by atoms with Gasteiger partial charge in [-0.3, -0.25) is 0 Å². The topological polar surface area (TPSA) is 67.2 Å². The van der Waals surface area contributed by atoms with Crippen molar-refractivity contribution in [3.63, 3.8) is 0 Å². The van der Waals surface area contributed by atoms with Crippen LogP contribution in [0.15, 0.2) is 24.3 Å². The van der Waals surface area contributed by atoms with Crippen LogP contribution in [-0.4, -0.2) is 12.1 Å². The number of carbonyl (C=O) groups excluding carboxylic acids is 1. The number of anilines is 2. The van der Waals surface area contributed by atoms with Gasteiger partial charge in [0.05, 0.1) is 0 Å². The fourth-order valence-electron chi connectivity index (χ4n) is 2.57. The second-order valence-electron chi connectivity index (χ2n) is 5.08. The first-order valence-electron chi connectivity index (χ1n) is 6.58. The maximum absolute atomic E-state index is 10.8. The summed E-state index contributed by atoms with van der Waals surface area (Å²) in [6.07, 6.45) is 5.13. The molecule has 1 fully saturated rings. The third-order valence-electron chi connectivity index (χ3n) is 3.59. The first kappa shape index (κ1) is 12.7. The molecule has 0 radical (unpaired) electrons. The highest BCUT2D eigenvalue weighted by Gasteiger charge is 2.20. The predicted molar refractivity (Wildman–Crippen MR) is 74.7 cm³/mol. The number of hydrogen-bond acceptors (Lipinski definition) is 2. The van der Waals surface area contributed by atoms with Crippen LogP contribution in [0.2, 0.25) is 0 Å². The molecule has 1 aromatic carbocycles. The molecule has 0 spiro atoms. The maximum atomic E-state index is 10.8. The van der Waals surface area contributed by atoms with Crippen LogP contribution in [0.25, 0.3) is 0 Å². The van der Waals surface area contributed by atoms with Crippen LogP contribution < -0.4 is 16.4 Å². The van der Waals surface area contributed by atoms with Gasteiger partial charge in [0.15, 0.2) is 0 Å². The Kier molecular flexibility index (Phi) is 4.07. The van der Waals surface area contributed by atoms with Crippen molar-refractivity contribution in [3.05, 3.63) is 24.3 Å². The van der Waals surface area contributed by atoms with Gasteiger partial charge in [0.25, 0.3) is 0 Å². The molecule has 4 nitrogen and oxygen atoms in total. The second kappa shape index (κ2) is 5.76. The Bertz CT molecular complexity index is 419. The molecule has 0 bridgehead atoms. The van der Waals surface area contributed by atoms with Crippen molar-refractivity contribution in [1.29, 1.82) is 0 Å².